The minimum absolute atomic E-state index is 0.133. The highest BCUT2D eigenvalue weighted by atomic mass is 19.4. The number of nitrogens with one attached hydrogen (secondary N) is 2. The number of aromatic amines is 2. The van der Waals surface area contributed by atoms with Crippen LogP contribution in [-0.4, -0.2) is 28.9 Å². The van der Waals surface area contributed by atoms with Crippen LogP contribution < -0.4 is 15.9 Å². The molecular formula is C17H15F3N2O5. The molecule has 0 fully saturated rings. The predicted octanol–water partition coefficient (Wildman–Crippen LogP) is 2.20. The fraction of sp³-hybridized carbons (Fsp3) is 0.353. The Bertz CT molecular complexity index is 1020. The molecule has 0 radical (unpaired) electrons. The van der Waals surface area contributed by atoms with Gasteiger partial charge in [-0.25, -0.2) is 0 Å². The van der Waals surface area contributed by atoms with Crippen molar-refractivity contribution < 1.29 is 27.4 Å². The van der Waals surface area contributed by atoms with Gasteiger partial charge in [0.25, 0.3) is 0 Å². The van der Waals surface area contributed by atoms with Crippen molar-refractivity contribution in [3.63, 3.8) is 0 Å². The lowest BCUT2D eigenvalue weighted by Gasteiger charge is -2.25. The zero-order valence-corrected chi connectivity index (χ0v) is 14.3. The van der Waals surface area contributed by atoms with Crippen molar-refractivity contribution in [2.75, 3.05) is 6.61 Å². The highest BCUT2D eigenvalue weighted by Gasteiger charge is 2.44. The van der Waals surface area contributed by atoms with Gasteiger partial charge in [0.1, 0.15) is 5.75 Å². The number of H-pyrrole nitrogens is 2. The second-order valence-corrected chi connectivity index (χ2v) is 6.23. The fourth-order valence-corrected chi connectivity index (χ4v) is 3.31. The highest BCUT2D eigenvalue weighted by Crippen LogP contribution is 2.49. The lowest BCUT2D eigenvalue weighted by atomic mass is 9.80. The molecule has 0 saturated carbocycles. The molecule has 27 heavy (non-hydrogen) atoms. The van der Waals surface area contributed by atoms with Gasteiger partial charge >= 0.3 is 23.5 Å². The molecule has 0 bridgehead atoms. The second kappa shape index (κ2) is 6.29. The smallest absolute Gasteiger partial charge is 0.466 e. The largest absolute Gasteiger partial charge is 0.573 e. The second-order valence-electron chi connectivity index (χ2n) is 6.23. The third-order valence-corrected chi connectivity index (χ3v) is 4.38. The summed E-state index contributed by atoms with van der Waals surface area (Å²) in [7, 11) is 0. The van der Waals surface area contributed by atoms with Crippen molar-refractivity contribution in [3.05, 3.63) is 50.2 Å². The van der Waals surface area contributed by atoms with Crippen molar-refractivity contribution >= 4 is 5.97 Å². The van der Waals surface area contributed by atoms with E-state index in [0.717, 1.165) is 12.1 Å². The Morgan fingerprint density at radius 2 is 1.85 bits per heavy atom. The Kier molecular flexibility index (Phi) is 4.37. The summed E-state index contributed by atoms with van der Waals surface area (Å²) in [6.07, 6.45) is -5.06. The third-order valence-electron chi connectivity index (χ3n) is 4.38. The van der Waals surface area contributed by atoms with E-state index in [1.165, 1.54) is 6.07 Å². The summed E-state index contributed by atoms with van der Waals surface area (Å²) < 4.78 is 46.5. The lowest BCUT2D eigenvalue weighted by molar-refractivity contribution is -0.274. The van der Waals surface area contributed by atoms with E-state index in [2.05, 4.69) is 14.7 Å². The number of esters is 1. The van der Waals surface area contributed by atoms with Gasteiger partial charge in [-0.3, -0.25) is 14.4 Å². The highest BCUT2D eigenvalue weighted by molar-refractivity contribution is 5.82. The summed E-state index contributed by atoms with van der Waals surface area (Å²) >= 11 is 0. The van der Waals surface area contributed by atoms with Crippen molar-refractivity contribution in [1.82, 2.24) is 9.97 Å². The number of aromatic nitrogens is 2. The van der Waals surface area contributed by atoms with Gasteiger partial charge in [0.05, 0.1) is 24.4 Å². The number of benzene rings is 1. The Morgan fingerprint density at radius 3 is 2.48 bits per heavy atom. The molecule has 7 nitrogen and oxygen atoms in total. The minimum atomic E-state index is -4.89. The van der Waals surface area contributed by atoms with Crippen LogP contribution in [0.4, 0.5) is 13.2 Å². The summed E-state index contributed by atoms with van der Waals surface area (Å²) in [6.45, 7) is 3.42. The average molecular weight is 384 g/mol. The van der Waals surface area contributed by atoms with Crippen LogP contribution in [0.25, 0.3) is 11.3 Å². The van der Waals surface area contributed by atoms with Crippen LogP contribution >= 0.6 is 0 Å². The molecule has 0 aliphatic heterocycles. The van der Waals surface area contributed by atoms with Gasteiger partial charge in [0, 0.05) is 11.0 Å². The maximum Gasteiger partial charge on any atom is 0.573 e. The SMILES string of the molecule is CCOC(=O)CC1(C)c2ccc(OC(F)(F)F)cc2-c2[nH]c(=O)c(=O)[nH]c21. The van der Waals surface area contributed by atoms with Crippen LogP contribution in [0.2, 0.25) is 0 Å². The monoisotopic (exact) mass is 384 g/mol. The number of rotatable bonds is 4. The first kappa shape index (κ1) is 18.7. The van der Waals surface area contributed by atoms with Crippen LogP contribution in [0.5, 0.6) is 5.75 Å². The van der Waals surface area contributed by atoms with Crippen molar-refractivity contribution in [1.29, 1.82) is 0 Å². The van der Waals surface area contributed by atoms with E-state index in [1.54, 1.807) is 13.8 Å². The molecule has 1 heterocycles. The maximum absolute atomic E-state index is 12.5. The average Bonchev–Trinajstić information content (AvgIpc) is 2.75. The van der Waals surface area contributed by atoms with E-state index in [-0.39, 0.29) is 30.0 Å². The van der Waals surface area contributed by atoms with Gasteiger partial charge in [0.2, 0.25) is 0 Å². The number of carbonyl (C=O) groups is 1. The van der Waals surface area contributed by atoms with Crippen molar-refractivity contribution in [2.24, 2.45) is 0 Å². The van der Waals surface area contributed by atoms with E-state index < -0.39 is 34.6 Å². The van der Waals surface area contributed by atoms with E-state index in [4.69, 9.17) is 4.74 Å². The van der Waals surface area contributed by atoms with Gasteiger partial charge in [-0.05, 0) is 31.5 Å². The van der Waals surface area contributed by atoms with Crippen LogP contribution in [0, 0.1) is 0 Å². The first-order chi connectivity index (χ1) is 12.5. The molecule has 10 heteroatoms. The molecule has 2 aromatic rings. The van der Waals surface area contributed by atoms with E-state index >= 15 is 0 Å². The number of halogens is 3. The molecule has 1 atom stereocenters. The Balaban J connectivity index is 2.19. The van der Waals surface area contributed by atoms with Gasteiger partial charge in [0.15, 0.2) is 0 Å². The number of ether oxygens (including phenoxy) is 2. The van der Waals surface area contributed by atoms with Gasteiger partial charge in [-0.1, -0.05) is 6.07 Å². The van der Waals surface area contributed by atoms with Crippen molar-refractivity contribution in [3.8, 4) is 17.0 Å². The summed E-state index contributed by atoms with van der Waals surface area (Å²) in [6, 6.07) is 3.58. The minimum Gasteiger partial charge on any atom is -0.466 e. The van der Waals surface area contributed by atoms with Crippen LogP contribution in [0.15, 0.2) is 27.8 Å². The molecule has 1 unspecified atom stereocenters. The van der Waals surface area contributed by atoms with Gasteiger partial charge < -0.3 is 19.4 Å². The Morgan fingerprint density at radius 1 is 1.19 bits per heavy atom. The van der Waals surface area contributed by atoms with Gasteiger partial charge in [-0.2, -0.15) is 0 Å². The molecule has 1 aliphatic rings. The molecule has 0 amide bonds. The summed E-state index contributed by atoms with van der Waals surface area (Å²) in [5.74, 6) is -1.04. The molecule has 1 aromatic heterocycles. The summed E-state index contributed by atoms with van der Waals surface area (Å²) in [4.78, 5) is 40.4. The first-order valence-corrected chi connectivity index (χ1v) is 7.98. The number of carbonyl (C=O) groups excluding carboxylic acids is 1. The Hall–Kier alpha value is -3.04. The molecule has 144 valence electrons. The topological polar surface area (TPSA) is 101 Å². The van der Waals surface area contributed by atoms with Crippen LogP contribution in [0.1, 0.15) is 31.5 Å². The van der Waals surface area contributed by atoms with E-state index in [0.29, 0.717) is 5.56 Å². The van der Waals surface area contributed by atoms with Crippen LogP contribution in [-0.2, 0) is 14.9 Å². The molecule has 1 aromatic carbocycles. The Labute approximate surface area is 150 Å². The maximum atomic E-state index is 12.5. The molecule has 0 saturated heterocycles. The standard InChI is InChI=1S/C17H15F3N2O5/c1-3-26-11(23)7-16(2)10-5-4-8(27-17(18,19)20)6-9(10)12-13(16)22-15(25)14(24)21-12/h4-6H,3,7H2,1-2H3,(H,21,24)(H,22,25). The normalized spacial score (nSPS) is 18.0. The van der Waals surface area contributed by atoms with Crippen molar-refractivity contribution in [2.45, 2.75) is 32.0 Å². The molecular weight excluding hydrogens is 369 g/mol. The molecule has 0 spiro atoms. The van der Waals surface area contributed by atoms with E-state index in [1.807, 2.05) is 0 Å². The molecule has 2 N–H and O–H groups in total. The first-order valence-electron chi connectivity index (χ1n) is 7.98. The lowest BCUT2D eigenvalue weighted by Crippen LogP contribution is -2.35. The van der Waals surface area contributed by atoms with E-state index in [9.17, 15) is 27.6 Å². The predicted molar refractivity (Wildman–Crippen MR) is 87.5 cm³/mol. The molecule has 1 aliphatic carbocycles. The number of hydrogen-bond donors (Lipinski definition) is 2. The number of hydrogen-bond acceptors (Lipinski definition) is 5. The third kappa shape index (κ3) is 3.34. The summed E-state index contributed by atoms with van der Waals surface area (Å²) in [5.41, 5.74) is -1.94. The number of alkyl halides is 3. The quantitative estimate of drug-likeness (QED) is 0.622. The van der Waals surface area contributed by atoms with Gasteiger partial charge in [-0.15, -0.1) is 13.2 Å². The molecule has 3 rings (SSSR count). The number of fused-ring (bicyclic) bond motifs is 3. The zero-order chi connectivity index (χ0) is 20.0. The van der Waals surface area contributed by atoms with Crippen LogP contribution in [0.3, 0.4) is 0 Å². The summed E-state index contributed by atoms with van der Waals surface area (Å²) in [5, 5.41) is 0. The fourth-order valence-electron chi connectivity index (χ4n) is 3.31. The zero-order valence-electron chi connectivity index (χ0n) is 14.3.